The number of benzene rings is 2. The molecule has 0 radical (unpaired) electrons. The molecule has 2 heterocycles. The number of anilines is 1. The highest BCUT2D eigenvalue weighted by atomic mass is 32.2. The minimum absolute atomic E-state index is 0.110. The van der Waals surface area contributed by atoms with Gasteiger partial charge in [0.25, 0.3) is 0 Å². The zero-order valence-electron chi connectivity index (χ0n) is 18.1. The summed E-state index contributed by atoms with van der Waals surface area (Å²) >= 11 is 1.32. The second-order valence-corrected chi connectivity index (χ2v) is 8.16. The summed E-state index contributed by atoms with van der Waals surface area (Å²) in [4.78, 5) is 16.8. The quantitative estimate of drug-likeness (QED) is 0.416. The maximum atomic E-state index is 12.6. The van der Waals surface area contributed by atoms with Crippen molar-refractivity contribution in [1.29, 1.82) is 0 Å². The fourth-order valence-corrected chi connectivity index (χ4v) is 3.93. The van der Waals surface area contributed by atoms with Crippen LogP contribution in [-0.2, 0) is 4.79 Å². The highest BCUT2D eigenvalue weighted by Gasteiger charge is 2.18. The summed E-state index contributed by atoms with van der Waals surface area (Å²) in [7, 11) is 1.63. The van der Waals surface area contributed by atoms with Gasteiger partial charge in [-0.25, -0.2) is 0 Å². The molecular formula is C24H23N5O2S. The Labute approximate surface area is 190 Å². The third-order valence-corrected chi connectivity index (χ3v) is 5.92. The van der Waals surface area contributed by atoms with Crippen LogP contribution in [0.25, 0.3) is 17.1 Å². The molecule has 1 N–H and O–H groups in total. The standard InChI is InChI=1S/C24H23N5O2S/c1-16-9-10-19(12-17(16)2)26-22(30)15-32-24-28-27-23(18-6-5-11-25-14-18)29(24)20-7-4-8-21(13-20)31-3/h4-14H,15H2,1-3H3,(H,26,30). The predicted octanol–water partition coefficient (Wildman–Crippen LogP) is 4.69. The molecule has 4 rings (SSSR count). The molecular weight excluding hydrogens is 422 g/mol. The molecule has 4 aromatic rings. The first kappa shape index (κ1) is 21.6. The van der Waals surface area contributed by atoms with E-state index in [-0.39, 0.29) is 11.7 Å². The van der Waals surface area contributed by atoms with Gasteiger partial charge in [-0.3, -0.25) is 14.3 Å². The van der Waals surface area contributed by atoms with E-state index in [1.807, 2.05) is 73.0 Å². The second-order valence-electron chi connectivity index (χ2n) is 7.22. The maximum absolute atomic E-state index is 12.6. The largest absolute Gasteiger partial charge is 0.497 e. The summed E-state index contributed by atoms with van der Waals surface area (Å²) in [6.07, 6.45) is 3.45. The van der Waals surface area contributed by atoms with Crippen LogP contribution in [0.2, 0.25) is 0 Å². The molecule has 162 valence electrons. The lowest BCUT2D eigenvalue weighted by Crippen LogP contribution is -2.14. The van der Waals surface area contributed by atoms with E-state index in [0.29, 0.717) is 11.0 Å². The highest BCUT2D eigenvalue weighted by Crippen LogP contribution is 2.29. The number of pyridine rings is 1. The number of thioether (sulfide) groups is 1. The van der Waals surface area contributed by atoms with E-state index < -0.39 is 0 Å². The van der Waals surface area contributed by atoms with Crippen LogP contribution < -0.4 is 10.1 Å². The Kier molecular flexibility index (Phi) is 6.51. The van der Waals surface area contributed by atoms with Gasteiger partial charge >= 0.3 is 0 Å². The van der Waals surface area contributed by atoms with E-state index >= 15 is 0 Å². The number of hydrogen-bond acceptors (Lipinski definition) is 6. The molecule has 0 unspecified atom stereocenters. The van der Waals surface area contributed by atoms with Crippen molar-refractivity contribution in [2.75, 3.05) is 18.2 Å². The molecule has 2 aromatic carbocycles. The minimum atomic E-state index is -0.110. The summed E-state index contributed by atoms with van der Waals surface area (Å²) in [6, 6.07) is 17.3. The molecule has 0 atom stereocenters. The first-order valence-corrected chi connectivity index (χ1v) is 11.0. The van der Waals surface area contributed by atoms with Crippen molar-refractivity contribution in [2.45, 2.75) is 19.0 Å². The second kappa shape index (κ2) is 9.65. The molecule has 0 spiro atoms. The van der Waals surface area contributed by atoms with Crippen LogP contribution in [0.1, 0.15) is 11.1 Å². The number of hydrogen-bond donors (Lipinski definition) is 1. The van der Waals surface area contributed by atoms with Gasteiger partial charge in [-0.05, 0) is 61.4 Å². The van der Waals surface area contributed by atoms with Crippen LogP contribution in [0.3, 0.4) is 0 Å². The molecule has 1 amide bonds. The van der Waals surface area contributed by atoms with Gasteiger partial charge < -0.3 is 10.1 Å². The summed E-state index contributed by atoms with van der Waals surface area (Å²) in [5.41, 5.74) is 4.77. The lowest BCUT2D eigenvalue weighted by molar-refractivity contribution is -0.113. The Bertz CT molecular complexity index is 1240. The summed E-state index contributed by atoms with van der Waals surface area (Å²) in [5.74, 6) is 1.45. The average molecular weight is 446 g/mol. The van der Waals surface area contributed by atoms with Crippen LogP contribution in [0.15, 0.2) is 72.1 Å². The zero-order valence-corrected chi connectivity index (χ0v) is 18.9. The third kappa shape index (κ3) is 4.81. The number of carbonyl (C=O) groups is 1. The van der Waals surface area contributed by atoms with Crippen LogP contribution >= 0.6 is 11.8 Å². The first-order chi connectivity index (χ1) is 15.5. The maximum Gasteiger partial charge on any atom is 0.234 e. The van der Waals surface area contributed by atoms with Crippen molar-refractivity contribution in [3.8, 4) is 22.8 Å². The molecule has 0 saturated carbocycles. The smallest absolute Gasteiger partial charge is 0.234 e. The minimum Gasteiger partial charge on any atom is -0.497 e. The van der Waals surface area contributed by atoms with Crippen LogP contribution in [0.4, 0.5) is 5.69 Å². The van der Waals surface area contributed by atoms with E-state index in [2.05, 4.69) is 20.5 Å². The summed E-state index contributed by atoms with van der Waals surface area (Å²) in [6.45, 7) is 4.07. The number of methoxy groups -OCH3 is 1. The number of carbonyl (C=O) groups excluding carboxylic acids is 1. The Hall–Kier alpha value is -3.65. The van der Waals surface area contributed by atoms with Crippen molar-refractivity contribution in [3.05, 3.63) is 78.1 Å². The van der Waals surface area contributed by atoms with Gasteiger partial charge in [0.2, 0.25) is 5.91 Å². The van der Waals surface area contributed by atoms with E-state index in [0.717, 1.165) is 28.3 Å². The number of nitrogens with zero attached hydrogens (tertiary/aromatic N) is 4. The SMILES string of the molecule is COc1cccc(-n2c(SCC(=O)Nc3ccc(C)c(C)c3)nnc2-c2cccnc2)c1. The van der Waals surface area contributed by atoms with Gasteiger partial charge in [0, 0.05) is 29.7 Å². The van der Waals surface area contributed by atoms with Crippen LogP contribution in [0.5, 0.6) is 5.75 Å². The van der Waals surface area contributed by atoms with E-state index in [1.54, 1.807) is 19.5 Å². The molecule has 8 heteroatoms. The lowest BCUT2D eigenvalue weighted by atomic mass is 10.1. The van der Waals surface area contributed by atoms with Crippen LogP contribution in [0, 0.1) is 13.8 Å². The average Bonchev–Trinajstić information content (AvgIpc) is 3.25. The van der Waals surface area contributed by atoms with Gasteiger partial charge in [0.05, 0.1) is 18.6 Å². The van der Waals surface area contributed by atoms with Gasteiger partial charge in [-0.1, -0.05) is 23.9 Å². The number of aromatic nitrogens is 4. The number of nitrogens with one attached hydrogen (secondary N) is 1. The number of rotatable bonds is 7. The molecule has 0 aliphatic rings. The van der Waals surface area contributed by atoms with E-state index in [9.17, 15) is 4.79 Å². The van der Waals surface area contributed by atoms with Gasteiger partial charge in [0.1, 0.15) is 5.75 Å². The van der Waals surface area contributed by atoms with Crippen molar-refractivity contribution in [2.24, 2.45) is 0 Å². The number of amides is 1. The highest BCUT2D eigenvalue weighted by molar-refractivity contribution is 7.99. The Morgan fingerprint density at radius 1 is 1.06 bits per heavy atom. The van der Waals surface area contributed by atoms with Crippen LogP contribution in [-0.4, -0.2) is 38.5 Å². The Balaban J connectivity index is 1.60. The van der Waals surface area contributed by atoms with Crippen molar-refractivity contribution in [3.63, 3.8) is 0 Å². The molecule has 0 saturated heterocycles. The van der Waals surface area contributed by atoms with E-state index in [4.69, 9.17) is 4.74 Å². The molecule has 2 aromatic heterocycles. The summed E-state index contributed by atoms with van der Waals surface area (Å²) in [5, 5.41) is 12.3. The Morgan fingerprint density at radius 2 is 1.94 bits per heavy atom. The number of ether oxygens (including phenoxy) is 1. The summed E-state index contributed by atoms with van der Waals surface area (Å²) < 4.78 is 7.29. The van der Waals surface area contributed by atoms with Crippen molar-refractivity contribution in [1.82, 2.24) is 19.7 Å². The van der Waals surface area contributed by atoms with Gasteiger partial charge in [-0.15, -0.1) is 10.2 Å². The zero-order chi connectivity index (χ0) is 22.5. The van der Waals surface area contributed by atoms with E-state index in [1.165, 1.54) is 17.3 Å². The normalized spacial score (nSPS) is 10.7. The fraction of sp³-hybridized carbons (Fsp3) is 0.167. The predicted molar refractivity (Wildman–Crippen MR) is 126 cm³/mol. The third-order valence-electron chi connectivity index (χ3n) is 4.99. The topological polar surface area (TPSA) is 81.9 Å². The van der Waals surface area contributed by atoms with Crippen molar-refractivity contribution >= 4 is 23.4 Å². The molecule has 0 aliphatic carbocycles. The molecule has 0 aliphatic heterocycles. The van der Waals surface area contributed by atoms with Gasteiger partial charge in [0.15, 0.2) is 11.0 Å². The van der Waals surface area contributed by atoms with Crippen molar-refractivity contribution < 1.29 is 9.53 Å². The first-order valence-electron chi connectivity index (χ1n) is 10.1. The molecule has 7 nitrogen and oxygen atoms in total. The van der Waals surface area contributed by atoms with Gasteiger partial charge in [-0.2, -0.15) is 0 Å². The number of aryl methyl sites for hydroxylation is 2. The Morgan fingerprint density at radius 3 is 2.69 bits per heavy atom. The fourth-order valence-electron chi connectivity index (χ4n) is 3.17. The molecule has 0 bridgehead atoms. The monoisotopic (exact) mass is 445 g/mol. The molecule has 32 heavy (non-hydrogen) atoms. The lowest BCUT2D eigenvalue weighted by Gasteiger charge is -2.12. The molecule has 0 fully saturated rings.